The summed E-state index contributed by atoms with van der Waals surface area (Å²) in [5.41, 5.74) is 1.12. The lowest BCUT2D eigenvalue weighted by Gasteiger charge is -2.13. The van der Waals surface area contributed by atoms with Crippen molar-refractivity contribution in [2.24, 2.45) is 5.92 Å². The van der Waals surface area contributed by atoms with Crippen molar-refractivity contribution in [3.63, 3.8) is 0 Å². The normalized spacial score (nSPS) is 21.4. The van der Waals surface area contributed by atoms with Crippen molar-refractivity contribution in [2.75, 3.05) is 0 Å². The maximum atomic E-state index is 12.1. The van der Waals surface area contributed by atoms with Crippen LogP contribution in [0.3, 0.4) is 0 Å². The summed E-state index contributed by atoms with van der Waals surface area (Å²) in [6, 6.07) is 14.1. The van der Waals surface area contributed by atoms with Crippen molar-refractivity contribution in [3.05, 3.63) is 59.5 Å². The van der Waals surface area contributed by atoms with Gasteiger partial charge in [0.05, 0.1) is 6.04 Å². The van der Waals surface area contributed by atoms with Crippen molar-refractivity contribution in [3.8, 4) is 0 Å². The third-order valence-electron chi connectivity index (χ3n) is 4.43. The number of nitrogens with one attached hydrogen (secondary N) is 1. The van der Waals surface area contributed by atoms with Crippen LogP contribution in [0.1, 0.15) is 55.7 Å². The Bertz CT molecular complexity index is 632. The lowest BCUT2D eigenvalue weighted by atomic mass is 10.1. The molecule has 0 radical (unpaired) electrons. The lowest BCUT2D eigenvalue weighted by Crippen LogP contribution is -2.26. The van der Waals surface area contributed by atoms with Crippen LogP contribution in [0.25, 0.3) is 0 Å². The second-order valence-corrected chi connectivity index (χ2v) is 6.32. The van der Waals surface area contributed by atoms with Crippen LogP contribution in [0.2, 0.25) is 0 Å². The summed E-state index contributed by atoms with van der Waals surface area (Å²) >= 11 is 0. The molecule has 1 heterocycles. The molecule has 1 aromatic heterocycles. The van der Waals surface area contributed by atoms with E-state index in [1.54, 1.807) is 0 Å². The Morgan fingerprint density at radius 2 is 2.00 bits per heavy atom. The number of hydrogen-bond acceptors (Lipinski definition) is 2. The van der Waals surface area contributed by atoms with E-state index in [1.165, 1.54) is 6.42 Å². The maximum Gasteiger partial charge on any atom is 0.220 e. The van der Waals surface area contributed by atoms with E-state index in [9.17, 15) is 4.79 Å². The van der Waals surface area contributed by atoms with Gasteiger partial charge in [-0.2, -0.15) is 0 Å². The number of benzene rings is 1. The van der Waals surface area contributed by atoms with Crippen molar-refractivity contribution in [1.29, 1.82) is 0 Å². The molecule has 116 valence electrons. The molecule has 1 N–H and O–H groups in total. The summed E-state index contributed by atoms with van der Waals surface area (Å²) in [5, 5.41) is 3.03. The van der Waals surface area contributed by atoms with Gasteiger partial charge in [0.25, 0.3) is 0 Å². The summed E-state index contributed by atoms with van der Waals surface area (Å²) < 4.78 is 5.84. The number of carbonyl (C=O) groups excluding carboxylic acids is 1. The fraction of sp³-hybridized carbons (Fsp3) is 0.421. The molecule has 22 heavy (non-hydrogen) atoms. The van der Waals surface area contributed by atoms with Crippen LogP contribution in [0.4, 0.5) is 0 Å². The van der Waals surface area contributed by atoms with E-state index >= 15 is 0 Å². The minimum atomic E-state index is 0.0353. The fourth-order valence-corrected chi connectivity index (χ4v) is 2.82. The molecule has 3 rings (SSSR count). The van der Waals surface area contributed by atoms with Gasteiger partial charge in [-0.15, -0.1) is 0 Å². The molecular weight excluding hydrogens is 274 g/mol. The molecule has 1 aliphatic carbocycles. The van der Waals surface area contributed by atoms with Crippen LogP contribution in [-0.2, 0) is 11.2 Å². The van der Waals surface area contributed by atoms with Crippen molar-refractivity contribution in [1.82, 2.24) is 5.32 Å². The van der Waals surface area contributed by atoms with Crippen LogP contribution in [0.15, 0.2) is 46.9 Å². The average Bonchev–Trinajstić information content (AvgIpc) is 3.08. The van der Waals surface area contributed by atoms with E-state index in [1.807, 2.05) is 43.3 Å². The van der Waals surface area contributed by atoms with Gasteiger partial charge in [-0.1, -0.05) is 37.3 Å². The smallest absolute Gasteiger partial charge is 0.220 e. The number of carbonyl (C=O) groups is 1. The zero-order chi connectivity index (χ0) is 15.5. The van der Waals surface area contributed by atoms with Crippen LogP contribution < -0.4 is 5.32 Å². The molecule has 0 bridgehead atoms. The average molecular weight is 297 g/mol. The maximum absolute atomic E-state index is 12.1. The Kier molecular flexibility index (Phi) is 4.32. The van der Waals surface area contributed by atoms with Gasteiger partial charge >= 0.3 is 0 Å². The molecular formula is C19H23NO2. The third kappa shape index (κ3) is 3.59. The first-order chi connectivity index (χ1) is 10.6. The molecule has 1 aromatic carbocycles. The standard InChI is InChI=1S/C19H23NO2/c1-13-12-17(13)18-10-8-16(22-18)9-11-19(21)20-14(2)15-6-4-3-5-7-15/h3-8,10,13-14,17H,9,11-12H2,1-2H3,(H,20,21)/t13-,14+,17+/m1/s1. The number of amides is 1. The number of rotatable bonds is 6. The highest BCUT2D eigenvalue weighted by Crippen LogP contribution is 2.47. The van der Waals surface area contributed by atoms with Crippen LogP contribution in [0.5, 0.6) is 0 Å². The molecule has 3 nitrogen and oxygen atoms in total. The summed E-state index contributed by atoms with van der Waals surface area (Å²) in [6.45, 7) is 4.25. The lowest BCUT2D eigenvalue weighted by molar-refractivity contribution is -0.121. The van der Waals surface area contributed by atoms with Gasteiger partial charge in [-0.05, 0) is 37.0 Å². The summed E-state index contributed by atoms with van der Waals surface area (Å²) in [7, 11) is 0. The van der Waals surface area contributed by atoms with E-state index in [0.717, 1.165) is 23.0 Å². The minimum absolute atomic E-state index is 0.0353. The molecule has 0 spiro atoms. The summed E-state index contributed by atoms with van der Waals surface area (Å²) in [4.78, 5) is 12.1. The first kappa shape index (κ1) is 14.9. The van der Waals surface area contributed by atoms with Gasteiger partial charge in [-0.3, -0.25) is 4.79 Å². The number of furan rings is 1. The quantitative estimate of drug-likeness (QED) is 0.867. The SMILES string of the molecule is C[C@H](NC(=O)CCc1ccc([C@H]2C[C@H]2C)o1)c1ccccc1. The largest absolute Gasteiger partial charge is 0.466 e. The van der Waals surface area contributed by atoms with Gasteiger partial charge < -0.3 is 9.73 Å². The van der Waals surface area contributed by atoms with E-state index < -0.39 is 0 Å². The molecule has 0 saturated heterocycles. The van der Waals surface area contributed by atoms with Gasteiger partial charge in [0.15, 0.2) is 0 Å². The highest BCUT2D eigenvalue weighted by molar-refractivity contribution is 5.76. The van der Waals surface area contributed by atoms with E-state index in [0.29, 0.717) is 18.8 Å². The highest BCUT2D eigenvalue weighted by atomic mass is 16.3. The van der Waals surface area contributed by atoms with Crippen LogP contribution in [0, 0.1) is 5.92 Å². The first-order valence-electron chi connectivity index (χ1n) is 8.06. The first-order valence-corrected chi connectivity index (χ1v) is 8.06. The second kappa shape index (κ2) is 6.39. The predicted molar refractivity (Wildman–Crippen MR) is 86.6 cm³/mol. The van der Waals surface area contributed by atoms with Crippen molar-refractivity contribution in [2.45, 2.75) is 45.1 Å². The van der Waals surface area contributed by atoms with Gasteiger partial charge in [-0.25, -0.2) is 0 Å². The molecule has 3 heteroatoms. The molecule has 1 amide bonds. The Labute approximate surface area is 131 Å². The Balaban J connectivity index is 1.47. The zero-order valence-corrected chi connectivity index (χ0v) is 13.2. The van der Waals surface area contributed by atoms with Crippen LogP contribution >= 0.6 is 0 Å². The van der Waals surface area contributed by atoms with E-state index in [-0.39, 0.29) is 11.9 Å². The Morgan fingerprint density at radius 1 is 1.27 bits per heavy atom. The van der Waals surface area contributed by atoms with Crippen molar-refractivity contribution < 1.29 is 9.21 Å². The summed E-state index contributed by atoms with van der Waals surface area (Å²) in [5.74, 6) is 3.40. The minimum Gasteiger partial charge on any atom is -0.466 e. The number of aryl methyl sites for hydroxylation is 1. The molecule has 3 atom stereocenters. The molecule has 2 aromatic rings. The Hall–Kier alpha value is -2.03. The molecule has 0 aliphatic heterocycles. The molecule has 1 fully saturated rings. The number of hydrogen-bond donors (Lipinski definition) is 1. The molecule has 0 unspecified atom stereocenters. The monoisotopic (exact) mass is 297 g/mol. The molecule has 1 aliphatic rings. The van der Waals surface area contributed by atoms with E-state index in [4.69, 9.17) is 4.42 Å². The zero-order valence-electron chi connectivity index (χ0n) is 13.2. The molecule has 1 saturated carbocycles. The van der Waals surface area contributed by atoms with Gasteiger partial charge in [0, 0.05) is 18.8 Å². The predicted octanol–water partition coefficient (Wildman–Crippen LogP) is 4.21. The van der Waals surface area contributed by atoms with Gasteiger partial charge in [0.1, 0.15) is 11.5 Å². The van der Waals surface area contributed by atoms with Gasteiger partial charge in [0.2, 0.25) is 5.91 Å². The van der Waals surface area contributed by atoms with E-state index in [2.05, 4.69) is 18.3 Å². The second-order valence-electron chi connectivity index (χ2n) is 6.32. The fourth-order valence-electron chi connectivity index (χ4n) is 2.82. The highest BCUT2D eigenvalue weighted by Gasteiger charge is 2.36. The third-order valence-corrected chi connectivity index (χ3v) is 4.43. The Morgan fingerprint density at radius 3 is 2.68 bits per heavy atom. The topological polar surface area (TPSA) is 42.2 Å². The van der Waals surface area contributed by atoms with Crippen molar-refractivity contribution >= 4 is 5.91 Å². The summed E-state index contributed by atoms with van der Waals surface area (Å²) in [6.07, 6.45) is 2.35. The van der Waals surface area contributed by atoms with Crippen LogP contribution in [-0.4, -0.2) is 5.91 Å².